The van der Waals surface area contributed by atoms with E-state index in [-0.39, 0.29) is 30.3 Å². The van der Waals surface area contributed by atoms with E-state index in [0.717, 1.165) is 18.4 Å². The summed E-state index contributed by atoms with van der Waals surface area (Å²) in [6, 6.07) is 5.82. The SMILES string of the molecule is Cc1ccc(C(C)NC(=O)C(N)C2CCOCC2)c(C)c1.Cl. The molecule has 4 nitrogen and oxygen atoms in total. The number of nitrogens with two attached hydrogens (primary N) is 1. The van der Waals surface area contributed by atoms with Crippen LogP contribution in [0.15, 0.2) is 18.2 Å². The summed E-state index contributed by atoms with van der Waals surface area (Å²) in [4.78, 5) is 12.3. The first-order chi connectivity index (χ1) is 9.99. The van der Waals surface area contributed by atoms with Crippen LogP contribution in [-0.2, 0) is 9.53 Å². The largest absolute Gasteiger partial charge is 0.381 e. The number of carbonyl (C=O) groups excluding carboxylic acids is 1. The van der Waals surface area contributed by atoms with Crippen LogP contribution >= 0.6 is 12.4 Å². The maximum Gasteiger partial charge on any atom is 0.237 e. The first kappa shape index (κ1) is 18.9. The summed E-state index contributed by atoms with van der Waals surface area (Å²) in [7, 11) is 0. The molecule has 2 rings (SSSR count). The Labute approximate surface area is 139 Å². The summed E-state index contributed by atoms with van der Waals surface area (Å²) in [5.74, 6) is 0.166. The highest BCUT2D eigenvalue weighted by atomic mass is 35.5. The number of benzene rings is 1. The summed E-state index contributed by atoms with van der Waals surface area (Å²) in [5.41, 5.74) is 9.69. The van der Waals surface area contributed by atoms with Crippen molar-refractivity contribution in [1.82, 2.24) is 5.32 Å². The maximum absolute atomic E-state index is 12.3. The molecular formula is C17H27ClN2O2. The predicted molar refractivity (Wildman–Crippen MR) is 91.2 cm³/mol. The predicted octanol–water partition coefficient (Wildman–Crippen LogP) is 2.66. The van der Waals surface area contributed by atoms with Gasteiger partial charge in [-0.05, 0) is 50.7 Å². The van der Waals surface area contributed by atoms with E-state index in [9.17, 15) is 4.79 Å². The molecule has 1 heterocycles. The third kappa shape index (κ3) is 4.70. The van der Waals surface area contributed by atoms with Gasteiger partial charge in [-0.3, -0.25) is 4.79 Å². The average Bonchev–Trinajstić information content (AvgIpc) is 2.47. The van der Waals surface area contributed by atoms with Crippen molar-refractivity contribution in [2.24, 2.45) is 11.7 Å². The minimum atomic E-state index is -0.442. The molecule has 1 saturated heterocycles. The van der Waals surface area contributed by atoms with Crippen molar-refractivity contribution in [3.8, 4) is 0 Å². The Balaban J connectivity index is 0.00000242. The van der Waals surface area contributed by atoms with Crippen LogP contribution in [0.3, 0.4) is 0 Å². The normalized spacial score (nSPS) is 18.2. The molecule has 0 saturated carbocycles. The number of halogens is 1. The van der Waals surface area contributed by atoms with Crippen LogP contribution in [0.25, 0.3) is 0 Å². The van der Waals surface area contributed by atoms with E-state index in [0.29, 0.717) is 13.2 Å². The molecule has 5 heteroatoms. The Morgan fingerprint density at radius 2 is 1.95 bits per heavy atom. The molecule has 1 aliphatic rings. The summed E-state index contributed by atoms with van der Waals surface area (Å²) in [5, 5.41) is 3.05. The minimum absolute atomic E-state index is 0. The molecule has 0 aliphatic carbocycles. The first-order valence-corrected chi connectivity index (χ1v) is 7.70. The minimum Gasteiger partial charge on any atom is -0.381 e. The van der Waals surface area contributed by atoms with Gasteiger partial charge in [-0.2, -0.15) is 0 Å². The average molecular weight is 327 g/mol. The van der Waals surface area contributed by atoms with Gasteiger partial charge in [0, 0.05) is 13.2 Å². The fourth-order valence-electron chi connectivity index (χ4n) is 2.99. The standard InChI is InChI=1S/C17H26N2O2.ClH/c1-11-4-5-15(12(2)10-11)13(3)19-17(20)16(18)14-6-8-21-9-7-14;/h4-5,10,13-14,16H,6-9,18H2,1-3H3,(H,19,20);1H. The van der Waals surface area contributed by atoms with E-state index in [1.807, 2.05) is 6.92 Å². The third-order valence-corrected chi connectivity index (χ3v) is 4.33. The lowest BCUT2D eigenvalue weighted by atomic mass is 9.91. The molecule has 1 aromatic carbocycles. The quantitative estimate of drug-likeness (QED) is 0.894. The Kier molecular flexibility index (Phi) is 7.33. The van der Waals surface area contributed by atoms with Crippen LogP contribution in [-0.4, -0.2) is 25.2 Å². The van der Waals surface area contributed by atoms with Gasteiger partial charge in [0.1, 0.15) is 0 Å². The molecule has 2 atom stereocenters. The van der Waals surface area contributed by atoms with Crippen LogP contribution < -0.4 is 11.1 Å². The number of ether oxygens (including phenoxy) is 1. The summed E-state index contributed by atoms with van der Waals surface area (Å²) in [6.07, 6.45) is 1.74. The molecule has 0 aromatic heterocycles. The zero-order valence-corrected chi connectivity index (χ0v) is 14.4. The molecule has 1 aromatic rings. The number of hydrogen-bond acceptors (Lipinski definition) is 3. The zero-order chi connectivity index (χ0) is 15.4. The molecular weight excluding hydrogens is 300 g/mol. The smallest absolute Gasteiger partial charge is 0.237 e. The lowest BCUT2D eigenvalue weighted by Crippen LogP contribution is -2.47. The Bertz CT molecular complexity index is 501. The highest BCUT2D eigenvalue weighted by Gasteiger charge is 2.27. The number of aryl methyl sites for hydroxylation is 2. The second-order valence-electron chi connectivity index (χ2n) is 6.07. The van der Waals surface area contributed by atoms with Crippen molar-refractivity contribution >= 4 is 18.3 Å². The van der Waals surface area contributed by atoms with E-state index < -0.39 is 6.04 Å². The van der Waals surface area contributed by atoms with Crippen LogP contribution in [0.2, 0.25) is 0 Å². The molecule has 3 N–H and O–H groups in total. The highest BCUT2D eigenvalue weighted by molar-refractivity contribution is 5.85. The van der Waals surface area contributed by atoms with Crippen molar-refractivity contribution in [2.45, 2.75) is 45.7 Å². The van der Waals surface area contributed by atoms with E-state index in [1.54, 1.807) is 0 Å². The van der Waals surface area contributed by atoms with Crippen molar-refractivity contribution in [3.63, 3.8) is 0 Å². The summed E-state index contributed by atoms with van der Waals surface area (Å²) in [6.45, 7) is 7.56. The summed E-state index contributed by atoms with van der Waals surface area (Å²) < 4.78 is 5.32. The van der Waals surface area contributed by atoms with Crippen molar-refractivity contribution < 1.29 is 9.53 Å². The van der Waals surface area contributed by atoms with Crippen LogP contribution in [0.1, 0.15) is 42.5 Å². The monoisotopic (exact) mass is 326 g/mol. The number of nitrogens with one attached hydrogen (secondary N) is 1. The van der Waals surface area contributed by atoms with E-state index >= 15 is 0 Å². The Hall–Kier alpha value is -1.10. The Morgan fingerprint density at radius 3 is 2.55 bits per heavy atom. The first-order valence-electron chi connectivity index (χ1n) is 7.70. The van der Waals surface area contributed by atoms with Crippen LogP contribution in [0.4, 0.5) is 0 Å². The van der Waals surface area contributed by atoms with Gasteiger partial charge in [0.05, 0.1) is 12.1 Å². The third-order valence-electron chi connectivity index (χ3n) is 4.33. The zero-order valence-electron chi connectivity index (χ0n) is 13.6. The van der Waals surface area contributed by atoms with E-state index in [4.69, 9.17) is 10.5 Å². The van der Waals surface area contributed by atoms with Gasteiger partial charge in [0.15, 0.2) is 0 Å². The fraction of sp³-hybridized carbons (Fsp3) is 0.588. The van der Waals surface area contributed by atoms with E-state index in [1.165, 1.54) is 11.1 Å². The van der Waals surface area contributed by atoms with Crippen LogP contribution in [0, 0.1) is 19.8 Å². The highest BCUT2D eigenvalue weighted by Crippen LogP contribution is 2.21. The number of carbonyl (C=O) groups is 1. The van der Waals surface area contributed by atoms with Gasteiger partial charge < -0.3 is 15.8 Å². The van der Waals surface area contributed by atoms with Gasteiger partial charge in [-0.1, -0.05) is 23.8 Å². The summed E-state index contributed by atoms with van der Waals surface area (Å²) >= 11 is 0. The molecule has 1 amide bonds. The molecule has 0 bridgehead atoms. The second kappa shape index (κ2) is 8.51. The molecule has 124 valence electrons. The van der Waals surface area contributed by atoms with Gasteiger partial charge >= 0.3 is 0 Å². The molecule has 0 radical (unpaired) electrons. The van der Waals surface area contributed by atoms with Crippen molar-refractivity contribution in [1.29, 1.82) is 0 Å². The molecule has 2 unspecified atom stereocenters. The molecule has 1 fully saturated rings. The fourth-order valence-corrected chi connectivity index (χ4v) is 2.99. The second-order valence-corrected chi connectivity index (χ2v) is 6.07. The number of amides is 1. The van der Waals surface area contributed by atoms with E-state index in [2.05, 4.69) is 37.4 Å². The lowest BCUT2D eigenvalue weighted by molar-refractivity contribution is -0.125. The van der Waals surface area contributed by atoms with Gasteiger partial charge in [0.25, 0.3) is 0 Å². The van der Waals surface area contributed by atoms with Gasteiger partial charge in [-0.15, -0.1) is 12.4 Å². The topological polar surface area (TPSA) is 64.4 Å². The van der Waals surface area contributed by atoms with Gasteiger partial charge in [-0.25, -0.2) is 0 Å². The molecule has 0 spiro atoms. The van der Waals surface area contributed by atoms with Crippen molar-refractivity contribution in [3.05, 3.63) is 34.9 Å². The van der Waals surface area contributed by atoms with Crippen molar-refractivity contribution in [2.75, 3.05) is 13.2 Å². The maximum atomic E-state index is 12.3. The van der Waals surface area contributed by atoms with Gasteiger partial charge in [0.2, 0.25) is 5.91 Å². The Morgan fingerprint density at radius 1 is 1.32 bits per heavy atom. The van der Waals surface area contributed by atoms with Crippen LogP contribution in [0.5, 0.6) is 0 Å². The number of hydrogen-bond donors (Lipinski definition) is 2. The lowest BCUT2D eigenvalue weighted by Gasteiger charge is -2.28. The molecule has 22 heavy (non-hydrogen) atoms. The number of rotatable bonds is 4. The molecule has 1 aliphatic heterocycles.